The average Bonchev–Trinajstić information content (AvgIpc) is 3.36. The number of nitrogens with zero attached hydrogens (tertiary/aromatic N) is 2. The number of rotatable bonds is 4. The fraction of sp³-hybridized carbons (Fsp3) is 0.273. The SMILES string of the molecule is COc1ccc(-c2ccccc2[C@@H]2CCCN2C(=O)c2sccc2C)cn1. The molecule has 3 aromatic rings. The molecule has 4 rings (SSSR count). The quantitative estimate of drug-likeness (QED) is 0.634. The van der Waals surface area contributed by atoms with Gasteiger partial charge in [-0.05, 0) is 54.0 Å². The Bertz CT molecular complexity index is 949. The van der Waals surface area contributed by atoms with Crippen molar-refractivity contribution in [3.8, 4) is 17.0 Å². The molecule has 0 N–H and O–H groups in total. The molecule has 4 nitrogen and oxygen atoms in total. The Balaban J connectivity index is 1.70. The molecule has 2 aromatic heterocycles. The lowest BCUT2D eigenvalue weighted by molar-refractivity contribution is 0.0740. The molecule has 1 aromatic carbocycles. The standard InChI is InChI=1S/C22H22N2O2S/c1-15-11-13-27-21(15)22(25)24-12-5-8-19(24)18-7-4-3-6-17(18)16-9-10-20(26-2)23-14-16/h3-4,6-7,9-11,13-14,19H,5,8,12H2,1-2H3/t19-/m0/s1. The van der Waals surface area contributed by atoms with Gasteiger partial charge in [0, 0.05) is 24.4 Å². The first-order valence-electron chi connectivity index (χ1n) is 9.13. The zero-order valence-electron chi connectivity index (χ0n) is 15.5. The zero-order chi connectivity index (χ0) is 18.8. The van der Waals surface area contributed by atoms with Crippen molar-refractivity contribution in [2.45, 2.75) is 25.8 Å². The number of thiophene rings is 1. The van der Waals surface area contributed by atoms with Gasteiger partial charge in [-0.3, -0.25) is 4.79 Å². The third-order valence-electron chi connectivity index (χ3n) is 5.15. The predicted molar refractivity (Wildman–Crippen MR) is 108 cm³/mol. The number of pyridine rings is 1. The third-order valence-corrected chi connectivity index (χ3v) is 6.15. The molecule has 0 radical (unpaired) electrons. The molecular weight excluding hydrogens is 356 g/mol. The summed E-state index contributed by atoms with van der Waals surface area (Å²) in [4.78, 5) is 20.4. The van der Waals surface area contributed by atoms with Crippen molar-refractivity contribution in [2.75, 3.05) is 13.7 Å². The molecule has 1 aliphatic rings. The van der Waals surface area contributed by atoms with Crippen LogP contribution in [0.3, 0.4) is 0 Å². The van der Waals surface area contributed by atoms with Gasteiger partial charge >= 0.3 is 0 Å². The summed E-state index contributed by atoms with van der Waals surface area (Å²) in [5.41, 5.74) is 4.41. The number of hydrogen-bond acceptors (Lipinski definition) is 4. The number of ether oxygens (including phenoxy) is 1. The molecule has 5 heteroatoms. The molecule has 0 saturated carbocycles. The number of aryl methyl sites for hydroxylation is 1. The topological polar surface area (TPSA) is 42.4 Å². The first-order valence-corrected chi connectivity index (χ1v) is 10.0. The van der Waals surface area contributed by atoms with E-state index < -0.39 is 0 Å². The van der Waals surface area contributed by atoms with Crippen LogP contribution in [0.2, 0.25) is 0 Å². The van der Waals surface area contributed by atoms with Crippen LogP contribution in [0.4, 0.5) is 0 Å². The Labute approximate surface area is 163 Å². The van der Waals surface area contributed by atoms with Crippen molar-refractivity contribution in [3.63, 3.8) is 0 Å². The maximum absolute atomic E-state index is 13.2. The van der Waals surface area contributed by atoms with Crippen LogP contribution >= 0.6 is 11.3 Å². The molecule has 0 bridgehead atoms. The summed E-state index contributed by atoms with van der Waals surface area (Å²) < 4.78 is 5.17. The number of amides is 1. The van der Waals surface area contributed by atoms with Gasteiger partial charge in [0.2, 0.25) is 5.88 Å². The zero-order valence-corrected chi connectivity index (χ0v) is 16.3. The Morgan fingerprint density at radius 1 is 1.22 bits per heavy atom. The molecule has 0 aliphatic carbocycles. The molecule has 1 fully saturated rings. The highest BCUT2D eigenvalue weighted by atomic mass is 32.1. The normalized spacial score (nSPS) is 16.5. The van der Waals surface area contributed by atoms with Gasteiger partial charge in [0.25, 0.3) is 5.91 Å². The lowest BCUT2D eigenvalue weighted by Crippen LogP contribution is -2.30. The van der Waals surface area contributed by atoms with Gasteiger partial charge in [-0.1, -0.05) is 24.3 Å². The Morgan fingerprint density at radius 3 is 2.78 bits per heavy atom. The highest BCUT2D eigenvalue weighted by Gasteiger charge is 2.33. The monoisotopic (exact) mass is 378 g/mol. The second-order valence-corrected chi connectivity index (χ2v) is 7.68. The maximum Gasteiger partial charge on any atom is 0.264 e. The fourth-order valence-corrected chi connectivity index (χ4v) is 4.65. The lowest BCUT2D eigenvalue weighted by Gasteiger charge is -2.27. The van der Waals surface area contributed by atoms with E-state index in [1.165, 1.54) is 16.9 Å². The smallest absolute Gasteiger partial charge is 0.264 e. The van der Waals surface area contributed by atoms with Crippen molar-refractivity contribution >= 4 is 17.2 Å². The minimum Gasteiger partial charge on any atom is -0.481 e. The van der Waals surface area contributed by atoms with Crippen LogP contribution in [-0.4, -0.2) is 29.4 Å². The highest BCUT2D eigenvalue weighted by molar-refractivity contribution is 7.12. The minimum absolute atomic E-state index is 0.0947. The molecule has 138 valence electrons. The molecule has 1 amide bonds. The third kappa shape index (κ3) is 3.35. The average molecular weight is 378 g/mol. The van der Waals surface area contributed by atoms with Crippen LogP contribution in [0.5, 0.6) is 5.88 Å². The number of methoxy groups -OCH3 is 1. The van der Waals surface area contributed by atoms with Crippen molar-refractivity contribution < 1.29 is 9.53 Å². The number of aromatic nitrogens is 1. The Morgan fingerprint density at radius 2 is 2.07 bits per heavy atom. The van der Waals surface area contributed by atoms with E-state index in [2.05, 4.69) is 17.1 Å². The fourth-order valence-electron chi connectivity index (χ4n) is 3.77. The summed E-state index contributed by atoms with van der Waals surface area (Å²) in [6.45, 7) is 2.81. The second kappa shape index (κ2) is 7.53. The highest BCUT2D eigenvalue weighted by Crippen LogP contribution is 2.39. The van der Waals surface area contributed by atoms with Gasteiger partial charge in [0.05, 0.1) is 18.0 Å². The van der Waals surface area contributed by atoms with Crippen molar-refractivity contribution in [3.05, 3.63) is 70.0 Å². The van der Waals surface area contributed by atoms with Gasteiger partial charge in [-0.15, -0.1) is 11.3 Å². The Kier molecular flexibility index (Phi) is 4.94. The van der Waals surface area contributed by atoms with Crippen molar-refractivity contribution in [2.24, 2.45) is 0 Å². The molecule has 3 heterocycles. The van der Waals surface area contributed by atoms with Crippen LogP contribution in [0.25, 0.3) is 11.1 Å². The minimum atomic E-state index is 0.0947. The van der Waals surface area contributed by atoms with Gasteiger partial charge in [-0.25, -0.2) is 4.98 Å². The van der Waals surface area contributed by atoms with E-state index in [-0.39, 0.29) is 11.9 Å². The van der Waals surface area contributed by atoms with E-state index >= 15 is 0 Å². The van der Waals surface area contributed by atoms with Crippen LogP contribution < -0.4 is 4.74 Å². The summed E-state index contributed by atoms with van der Waals surface area (Å²) in [6, 6.07) is 14.3. The molecule has 0 unspecified atom stereocenters. The predicted octanol–water partition coefficient (Wildman–Crippen LogP) is 5.10. The molecule has 27 heavy (non-hydrogen) atoms. The molecule has 1 aliphatic heterocycles. The van der Waals surface area contributed by atoms with E-state index in [9.17, 15) is 4.79 Å². The van der Waals surface area contributed by atoms with Crippen molar-refractivity contribution in [1.82, 2.24) is 9.88 Å². The second-order valence-electron chi connectivity index (χ2n) is 6.77. The lowest BCUT2D eigenvalue weighted by atomic mass is 9.94. The number of hydrogen-bond donors (Lipinski definition) is 0. The number of carbonyl (C=O) groups is 1. The van der Waals surface area contributed by atoms with Gasteiger partial charge in [0.1, 0.15) is 0 Å². The van der Waals surface area contributed by atoms with Crippen LogP contribution in [-0.2, 0) is 0 Å². The van der Waals surface area contributed by atoms with Crippen molar-refractivity contribution in [1.29, 1.82) is 0 Å². The van der Waals surface area contributed by atoms with Crippen LogP contribution in [0.15, 0.2) is 54.0 Å². The summed E-state index contributed by atoms with van der Waals surface area (Å²) in [5, 5.41) is 1.99. The first kappa shape index (κ1) is 17.7. The van der Waals surface area contributed by atoms with E-state index in [0.717, 1.165) is 41.0 Å². The van der Waals surface area contributed by atoms with Crippen LogP contribution in [0, 0.1) is 6.92 Å². The largest absolute Gasteiger partial charge is 0.481 e. The van der Waals surface area contributed by atoms with E-state index in [1.807, 2.05) is 53.7 Å². The van der Waals surface area contributed by atoms with Crippen LogP contribution in [0.1, 0.15) is 39.7 Å². The number of carbonyl (C=O) groups excluding carboxylic acids is 1. The summed E-state index contributed by atoms with van der Waals surface area (Å²) in [6.07, 6.45) is 3.84. The molecule has 0 spiro atoms. The summed E-state index contributed by atoms with van der Waals surface area (Å²) >= 11 is 1.53. The van der Waals surface area contributed by atoms with E-state index in [4.69, 9.17) is 4.74 Å². The Hall–Kier alpha value is -2.66. The number of likely N-dealkylation sites (tertiary alicyclic amines) is 1. The van der Waals surface area contributed by atoms with Gasteiger partial charge in [-0.2, -0.15) is 0 Å². The van der Waals surface area contributed by atoms with Gasteiger partial charge < -0.3 is 9.64 Å². The van der Waals surface area contributed by atoms with E-state index in [1.54, 1.807) is 7.11 Å². The maximum atomic E-state index is 13.2. The molecular formula is C22H22N2O2S. The first-order chi connectivity index (χ1) is 13.2. The summed E-state index contributed by atoms with van der Waals surface area (Å²) in [7, 11) is 1.62. The molecule has 1 atom stereocenters. The number of benzene rings is 1. The van der Waals surface area contributed by atoms with Gasteiger partial charge in [0.15, 0.2) is 0 Å². The molecule has 1 saturated heterocycles. The van der Waals surface area contributed by atoms with E-state index in [0.29, 0.717) is 5.88 Å². The summed E-state index contributed by atoms with van der Waals surface area (Å²) in [5.74, 6) is 0.745.